The largest absolute Gasteiger partial charge is 0.450 e. The molecule has 3 nitrogen and oxygen atoms in total. The standard InChI is InChI=1S/C23H24O3/c1-2-23(15-16-9-5-3-6-10-16)21(24)20(22(25)26-23)19(18-13-14-18)17-11-7-4-8-12-17/h3-12,18-20H,2,13-15H2,1H3. The molecule has 2 aromatic carbocycles. The molecule has 134 valence electrons. The summed E-state index contributed by atoms with van der Waals surface area (Å²) in [5, 5.41) is 0. The summed E-state index contributed by atoms with van der Waals surface area (Å²) in [7, 11) is 0. The van der Waals surface area contributed by atoms with Gasteiger partial charge in [0, 0.05) is 12.3 Å². The number of carbonyl (C=O) groups excluding carboxylic acids is 2. The molecule has 26 heavy (non-hydrogen) atoms. The maximum atomic E-state index is 13.5. The number of benzene rings is 2. The lowest BCUT2D eigenvalue weighted by Crippen LogP contribution is -2.40. The van der Waals surface area contributed by atoms with Crippen LogP contribution < -0.4 is 0 Å². The van der Waals surface area contributed by atoms with Crippen molar-refractivity contribution in [2.24, 2.45) is 11.8 Å². The molecule has 2 aliphatic rings. The average molecular weight is 348 g/mol. The topological polar surface area (TPSA) is 43.4 Å². The molecule has 1 aliphatic carbocycles. The van der Waals surface area contributed by atoms with E-state index < -0.39 is 11.5 Å². The Hall–Kier alpha value is -2.42. The Morgan fingerprint density at radius 1 is 1.00 bits per heavy atom. The van der Waals surface area contributed by atoms with E-state index in [9.17, 15) is 9.59 Å². The smallest absolute Gasteiger partial charge is 0.318 e. The van der Waals surface area contributed by atoms with Gasteiger partial charge in [0.2, 0.25) is 0 Å². The molecule has 0 radical (unpaired) electrons. The molecule has 1 heterocycles. The summed E-state index contributed by atoms with van der Waals surface area (Å²) in [5.41, 5.74) is 1.08. The molecule has 0 bridgehead atoms. The first-order chi connectivity index (χ1) is 12.6. The van der Waals surface area contributed by atoms with E-state index in [1.54, 1.807) is 0 Å². The van der Waals surface area contributed by atoms with Crippen molar-refractivity contribution in [3.8, 4) is 0 Å². The van der Waals surface area contributed by atoms with Gasteiger partial charge in [-0.25, -0.2) is 0 Å². The van der Waals surface area contributed by atoms with Crippen molar-refractivity contribution < 1.29 is 14.3 Å². The summed E-state index contributed by atoms with van der Waals surface area (Å²) >= 11 is 0. The van der Waals surface area contributed by atoms with Gasteiger partial charge in [-0.15, -0.1) is 0 Å². The number of cyclic esters (lactones) is 1. The van der Waals surface area contributed by atoms with Gasteiger partial charge in [0.05, 0.1) is 0 Å². The molecule has 0 aromatic heterocycles. The van der Waals surface area contributed by atoms with E-state index in [0.29, 0.717) is 18.8 Å². The third kappa shape index (κ3) is 2.96. The molecule has 3 unspecified atom stereocenters. The molecule has 4 rings (SSSR count). The maximum Gasteiger partial charge on any atom is 0.318 e. The van der Waals surface area contributed by atoms with Gasteiger partial charge < -0.3 is 4.74 Å². The fourth-order valence-corrected chi connectivity index (χ4v) is 4.29. The molecule has 1 saturated heterocycles. The van der Waals surface area contributed by atoms with E-state index in [0.717, 1.165) is 24.0 Å². The number of esters is 1. The van der Waals surface area contributed by atoms with Crippen molar-refractivity contribution >= 4 is 11.8 Å². The Labute approximate surface area is 154 Å². The highest BCUT2D eigenvalue weighted by atomic mass is 16.6. The summed E-state index contributed by atoms with van der Waals surface area (Å²) in [5.74, 6) is -0.694. The normalized spacial score (nSPS) is 26.6. The molecule has 3 heteroatoms. The van der Waals surface area contributed by atoms with Gasteiger partial charge in [-0.1, -0.05) is 67.6 Å². The molecule has 1 aliphatic heterocycles. The number of hydrogen-bond donors (Lipinski definition) is 0. The highest BCUT2D eigenvalue weighted by Crippen LogP contribution is 2.51. The molecular formula is C23H24O3. The first-order valence-corrected chi connectivity index (χ1v) is 9.50. The zero-order chi connectivity index (χ0) is 18.1. The number of ether oxygens (including phenoxy) is 1. The second-order valence-corrected chi connectivity index (χ2v) is 7.55. The molecular weight excluding hydrogens is 324 g/mol. The van der Waals surface area contributed by atoms with Gasteiger partial charge in [-0.05, 0) is 36.3 Å². The van der Waals surface area contributed by atoms with Crippen molar-refractivity contribution in [3.63, 3.8) is 0 Å². The van der Waals surface area contributed by atoms with Gasteiger partial charge in [0.15, 0.2) is 11.4 Å². The predicted octanol–water partition coefficient (Wildman–Crippen LogP) is 4.31. The third-order valence-electron chi connectivity index (χ3n) is 5.86. The highest BCUT2D eigenvalue weighted by Gasteiger charge is 2.58. The van der Waals surface area contributed by atoms with Gasteiger partial charge in [-0.3, -0.25) is 9.59 Å². The Morgan fingerprint density at radius 3 is 2.19 bits per heavy atom. The van der Waals surface area contributed by atoms with Crippen molar-refractivity contribution in [2.45, 2.75) is 44.1 Å². The quantitative estimate of drug-likeness (QED) is 0.577. The Kier molecular flexibility index (Phi) is 4.39. The minimum atomic E-state index is -1.02. The second kappa shape index (κ2) is 6.71. The first kappa shape index (κ1) is 17.0. The Balaban J connectivity index is 1.67. The third-order valence-corrected chi connectivity index (χ3v) is 5.86. The summed E-state index contributed by atoms with van der Waals surface area (Å²) < 4.78 is 5.82. The average Bonchev–Trinajstić information content (AvgIpc) is 3.47. The molecule has 0 spiro atoms. The van der Waals surface area contributed by atoms with Crippen LogP contribution in [0.15, 0.2) is 60.7 Å². The second-order valence-electron chi connectivity index (χ2n) is 7.55. The van der Waals surface area contributed by atoms with Crippen molar-refractivity contribution in [3.05, 3.63) is 71.8 Å². The van der Waals surface area contributed by atoms with Crippen molar-refractivity contribution in [1.82, 2.24) is 0 Å². The van der Waals surface area contributed by atoms with Gasteiger partial charge in [-0.2, -0.15) is 0 Å². The Morgan fingerprint density at radius 2 is 1.62 bits per heavy atom. The van der Waals surface area contributed by atoms with Gasteiger partial charge in [0.25, 0.3) is 0 Å². The van der Waals surface area contributed by atoms with E-state index in [1.165, 1.54) is 0 Å². The van der Waals surface area contributed by atoms with E-state index in [-0.39, 0.29) is 17.7 Å². The van der Waals surface area contributed by atoms with E-state index in [2.05, 4.69) is 0 Å². The molecule has 0 amide bonds. The fraction of sp³-hybridized carbons (Fsp3) is 0.391. The zero-order valence-electron chi connectivity index (χ0n) is 15.1. The van der Waals surface area contributed by atoms with Crippen molar-refractivity contribution in [2.75, 3.05) is 0 Å². The SMILES string of the molecule is CCC1(Cc2ccccc2)OC(=O)C(C(c2ccccc2)C2CC2)C1=O. The van der Waals surface area contributed by atoms with Crippen molar-refractivity contribution in [1.29, 1.82) is 0 Å². The number of rotatable bonds is 6. The van der Waals surface area contributed by atoms with Crippen LogP contribution in [0.3, 0.4) is 0 Å². The summed E-state index contributed by atoms with van der Waals surface area (Å²) in [6.45, 7) is 1.94. The highest BCUT2D eigenvalue weighted by molar-refractivity contribution is 6.10. The van der Waals surface area contributed by atoms with Crippen LogP contribution in [0.5, 0.6) is 0 Å². The number of Topliss-reactive ketones (excluding diaryl/α,β-unsaturated/α-hetero) is 1. The van der Waals surface area contributed by atoms with Crippen LogP contribution in [0.25, 0.3) is 0 Å². The van der Waals surface area contributed by atoms with Crippen LogP contribution in [0, 0.1) is 11.8 Å². The molecule has 2 fully saturated rings. The predicted molar refractivity (Wildman–Crippen MR) is 99.7 cm³/mol. The Bertz CT molecular complexity index is 795. The maximum absolute atomic E-state index is 13.5. The summed E-state index contributed by atoms with van der Waals surface area (Å²) in [4.78, 5) is 26.3. The number of carbonyl (C=O) groups is 2. The molecule has 3 atom stereocenters. The van der Waals surface area contributed by atoms with E-state index in [1.807, 2.05) is 67.6 Å². The lowest BCUT2D eigenvalue weighted by atomic mass is 9.75. The monoisotopic (exact) mass is 348 g/mol. The van der Waals surface area contributed by atoms with Crippen LogP contribution in [0.1, 0.15) is 43.2 Å². The van der Waals surface area contributed by atoms with E-state index in [4.69, 9.17) is 4.74 Å². The van der Waals surface area contributed by atoms with Gasteiger partial charge >= 0.3 is 5.97 Å². The van der Waals surface area contributed by atoms with Crippen LogP contribution in [0.2, 0.25) is 0 Å². The lowest BCUT2D eigenvalue weighted by molar-refractivity contribution is -0.153. The number of hydrogen-bond acceptors (Lipinski definition) is 3. The van der Waals surface area contributed by atoms with Crippen LogP contribution in [0.4, 0.5) is 0 Å². The summed E-state index contributed by atoms with van der Waals surface area (Å²) in [6, 6.07) is 19.8. The first-order valence-electron chi connectivity index (χ1n) is 9.50. The van der Waals surface area contributed by atoms with E-state index >= 15 is 0 Å². The lowest BCUT2D eigenvalue weighted by Gasteiger charge is -2.26. The molecule has 0 N–H and O–H groups in total. The minimum absolute atomic E-state index is 0.0328. The van der Waals surface area contributed by atoms with Crippen LogP contribution >= 0.6 is 0 Å². The molecule has 1 saturated carbocycles. The van der Waals surface area contributed by atoms with Gasteiger partial charge in [0.1, 0.15) is 5.92 Å². The van der Waals surface area contributed by atoms with Crippen LogP contribution in [-0.4, -0.2) is 17.4 Å². The molecule has 2 aromatic rings. The fourth-order valence-electron chi connectivity index (χ4n) is 4.29. The minimum Gasteiger partial charge on any atom is -0.450 e. The van der Waals surface area contributed by atoms with Crippen LogP contribution in [-0.2, 0) is 20.7 Å². The number of ketones is 1. The zero-order valence-corrected chi connectivity index (χ0v) is 15.1. The summed E-state index contributed by atoms with van der Waals surface area (Å²) in [6.07, 6.45) is 3.12.